The first-order chi connectivity index (χ1) is 24.7. The van der Waals surface area contributed by atoms with E-state index in [-0.39, 0.29) is 5.69 Å². The average molecular weight is 722 g/mol. The number of nitrogens with zero attached hydrogens (tertiary/aromatic N) is 1. The van der Waals surface area contributed by atoms with Gasteiger partial charge in [0.1, 0.15) is 12.4 Å². The molecule has 0 bridgehead atoms. The van der Waals surface area contributed by atoms with E-state index in [9.17, 15) is 10.1 Å². The maximum absolute atomic E-state index is 10.6. The topological polar surface area (TPSA) is 154 Å². The fraction of sp³-hybridized carbons (Fsp3) is 0.829. The van der Waals surface area contributed by atoms with Gasteiger partial charge in [-0.15, -0.1) is 0 Å². The molecule has 0 aliphatic carbocycles. The summed E-state index contributed by atoms with van der Waals surface area (Å²) in [5.41, 5.74) is 0.0264. The first-order valence-corrected chi connectivity index (χ1v) is 18.0. The smallest absolute Gasteiger partial charge is 0.269 e. The van der Waals surface area contributed by atoms with Gasteiger partial charge >= 0.3 is 0 Å². The van der Waals surface area contributed by atoms with Crippen LogP contribution in [0.1, 0.15) is 39.0 Å². The van der Waals surface area contributed by atoms with Gasteiger partial charge in [-0.2, -0.15) is 0 Å². The van der Waals surface area contributed by atoms with Crippen LogP contribution in [0.25, 0.3) is 0 Å². The summed E-state index contributed by atoms with van der Waals surface area (Å²) in [5.74, 6) is 0.557. The molecular weight excluding hydrogens is 658 g/mol. The van der Waals surface area contributed by atoms with Crippen molar-refractivity contribution in [2.24, 2.45) is 0 Å². The van der Waals surface area contributed by atoms with E-state index < -0.39 is 4.92 Å². The van der Waals surface area contributed by atoms with Crippen LogP contribution in [0.3, 0.4) is 0 Å². The van der Waals surface area contributed by atoms with E-state index >= 15 is 0 Å². The van der Waals surface area contributed by atoms with Gasteiger partial charge in [-0.1, -0.05) is 32.6 Å². The van der Waals surface area contributed by atoms with Crippen molar-refractivity contribution >= 4 is 5.69 Å². The van der Waals surface area contributed by atoms with Crippen LogP contribution in [-0.4, -0.2) is 157 Å². The van der Waals surface area contributed by atoms with E-state index in [1.807, 2.05) is 0 Å². The summed E-state index contributed by atoms with van der Waals surface area (Å²) in [6.07, 6.45) is 6.25. The maximum atomic E-state index is 10.6. The molecular formula is C35H63NO14. The number of nitro groups is 1. The van der Waals surface area contributed by atoms with E-state index in [0.29, 0.717) is 151 Å². The van der Waals surface area contributed by atoms with Crippen LogP contribution in [0.2, 0.25) is 0 Å². The standard InChI is InChI=1S/C35H63NO14/c1-2-3-4-5-6-11-39-12-13-40-14-15-41-16-17-42-18-19-43-20-21-44-22-23-45-24-25-46-26-27-47-28-29-48-30-31-49-32-33-50-35-9-7-34(8-10-35)36(37)38/h7-10H,2-6,11-33H2,1H3. The normalized spacial score (nSPS) is 11.4. The first-order valence-electron chi connectivity index (χ1n) is 18.0. The molecule has 0 saturated carbocycles. The van der Waals surface area contributed by atoms with Crippen molar-refractivity contribution < 1.29 is 61.8 Å². The van der Waals surface area contributed by atoms with Crippen LogP contribution < -0.4 is 4.74 Å². The van der Waals surface area contributed by atoms with Crippen LogP contribution in [0.15, 0.2) is 24.3 Å². The van der Waals surface area contributed by atoms with Crippen LogP contribution in [0.5, 0.6) is 5.75 Å². The van der Waals surface area contributed by atoms with Crippen LogP contribution in [0, 0.1) is 10.1 Å². The largest absolute Gasteiger partial charge is 0.491 e. The molecule has 1 rings (SSSR count). The van der Waals surface area contributed by atoms with Crippen LogP contribution in [0.4, 0.5) is 5.69 Å². The van der Waals surface area contributed by atoms with Crippen molar-refractivity contribution in [3.05, 3.63) is 34.4 Å². The molecule has 0 N–H and O–H groups in total. The quantitative estimate of drug-likeness (QED) is 0.0541. The molecule has 1 aromatic rings. The van der Waals surface area contributed by atoms with Crippen molar-refractivity contribution in [3.8, 4) is 5.75 Å². The Hall–Kier alpha value is -2.02. The lowest BCUT2D eigenvalue weighted by Crippen LogP contribution is -2.15. The highest BCUT2D eigenvalue weighted by Gasteiger charge is 2.04. The van der Waals surface area contributed by atoms with Gasteiger partial charge in [0, 0.05) is 18.7 Å². The molecule has 292 valence electrons. The molecule has 0 amide bonds. The summed E-state index contributed by atoms with van der Waals surface area (Å²) in [4.78, 5) is 10.2. The molecule has 0 aliphatic rings. The van der Waals surface area contributed by atoms with E-state index in [1.165, 1.54) is 37.8 Å². The second-order valence-electron chi connectivity index (χ2n) is 10.7. The maximum Gasteiger partial charge on any atom is 0.269 e. The van der Waals surface area contributed by atoms with E-state index in [2.05, 4.69) is 6.92 Å². The molecule has 0 aromatic heterocycles. The van der Waals surface area contributed by atoms with Gasteiger partial charge in [0.25, 0.3) is 5.69 Å². The monoisotopic (exact) mass is 721 g/mol. The van der Waals surface area contributed by atoms with Gasteiger partial charge in [0.05, 0.1) is 144 Å². The van der Waals surface area contributed by atoms with Crippen molar-refractivity contribution in [2.45, 2.75) is 39.0 Å². The second-order valence-corrected chi connectivity index (χ2v) is 10.7. The number of benzene rings is 1. The number of non-ortho nitro benzene ring substituents is 1. The number of nitro benzene ring substituents is 1. The average Bonchev–Trinajstić information content (AvgIpc) is 3.12. The molecule has 0 unspecified atom stereocenters. The summed E-state index contributed by atoms with van der Waals surface area (Å²) in [6, 6.07) is 5.92. The number of rotatable bonds is 41. The highest BCUT2D eigenvalue weighted by atomic mass is 16.6. The number of ether oxygens (including phenoxy) is 12. The molecule has 1 aromatic carbocycles. The minimum atomic E-state index is -0.451. The molecule has 15 heteroatoms. The Morgan fingerprint density at radius 3 is 0.980 bits per heavy atom. The zero-order valence-electron chi connectivity index (χ0n) is 30.3. The minimum absolute atomic E-state index is 0.0264. The van der Waals surface area contributed by atoms with E-state index in [4.69, 9.17) is 56.8 Å². The van der Waals surface area contributed by atoms with Gasteiger partial charge in [-0.25, -0.2) is 0 Å². The summed E-state index contributed by atoms with van der Waals surface area (Å²) < 4.78 is 65.8. The Balaban J connectivity index is 1.63. The number of hydrogen-bond donors (Lipinski definition) is 0. The lowest BCUT2D eigenvalue weighted by Gasteiger charge is -2.09. The summed E-state index contributed by atoms with van der Waals surface area (Å²) in [7, 11) is 0. The first kappa shape index (κ1) is 46.0. The molecule has 0 aliphatic heterocycles. The fourth-order valence-electron chi connectivity index (χ4n) is 3.99. The highest BCUT2D eigenvalue weighted by molar-refractivity contribution is 5.35. The Bertz CT molecular complexity index is 836. The fourth-order valence-corrected chi connectivity index (χ4v) is 3.99. The lowest BCUT2D eigenvalue weighted by atomic mass is 10.2. The van der Waals surface area contributed by atoms with Crippen molar-refractivity contribution in [1.82, 2.24) is 0 Å². The van der Waals surface area contributed by atoms with Crippen molar-refractivity contribution in [1.29, 1.82) is 0 Å². The molecule has 0 spiro atoms. The molecule has 50 heavy (non-hydrogen) atoms. The third kappa shape index (κ3) is 33.1. The van der Waals surface area contributed by atoms with E-state index in [0.717, 1.165) is 13.0 Å². The Morgan fingerprint density at radius 1 is 0.400 bits per heavy atom. The summed E-state index contributed by atoms with van der Waals surface area (Å²) in [5, 5.41) is 10.6. The predicted octanol–water partition coefficient (Wildman–Crippen LogP) is 4.13. The predicted molar refractivity (Wildman–Crippen MR) is 186 cm³/mol. The SMILES string of the molecule is CCCCCCCOCCOCCOCCOCCOCCOCCOCCOCCOCCOCCOCCOc1ccc([N+](=O)[O-])cc1. The van der Waals surface area contributed by atoms with Crippen molar-refractivity contribution in [2.75, 3.05) is 152 Å². The lowest BCUT2D eigenvalue weighted by molar-refractivity contribution is -0.384. The highest BCUT2D eigenvalue weighted by Crippen LogP contribution is 2.17. The molecule has 0 heterocycles. The number of unbranched alkanes of at least 4 members (excludes halogenated alkanes) is 4. The summed E-state index contributed by atoms with van der Waals surface area (Å²) >= 11 is 0. The Kier molecular flexibility index (Phi) is 35.2. The molecule has 0 fully saturated rings. The second kappa shape index (κ2) is 38.2. The van der Waals surface area contributed by atoms with Crippen LogP contribution in [-0.2, 0) is 52.1 Å². The van der Waals surface area contributed by atoms with E-state index in [1.54, 1.807) is 12.1 Å². The third-order valence-electron chi connectivity index (χ3n) is 6.66. The Morgan fingerprint density at radius 2 is 0.680 bits per heavy atom. The summed E-state index contributed by atoms with van der Waals surface area (Å²) in [6.45, 7) is 14.0. The van der Waals surface area contributed by atoms with Crippen LogP contribution >= 0.6 is 0 Å². The zero-order valence-corrected chi connectivity index (χ0v) is 30.3. The molecule has 0 saturated heterocycles. The molecule has 15 nitrogen and oxygen atoms in total. The molecule has 0 radical (unpaired) electrons. The Labute approximate surface area is 298 Å². The van der Waals surface area contributed by atoms with Gasteiger partial charge in [-0.05, 0) is 18.6 Å². The molecule has 0 atom stereocenters. The van der Waals surface area contributed by atoms with Gasteiger partial charge in [0.2, 0.25) is 0 Å². The minimum Gasteiger partial charge on any atom is -0.491 e. The van der Waals surface area contributed by atoms with Gasteiger partial charge in [-0.3, -0.25) is 10.1 Å². The third-order valence-corrected chi connectivity index (χ3v) is 6.66. The van der Waals surface area contributed by atoms with Crippen molar-refractivity contribution in [3.63, 3.8) is 0 Å². The zero-order chi connectivity index (χ0) is 35.8. The number of hydrogen-bond acceptors (Lipinski definition) is 14. The van der Waals surface area contributed by atoms with Gasteiger partial charge in [0.15, 0.2) is 0 Å². The van der Waals surface area contributed by atoms with Gasteiger partial charge < -0.3 is 56.8 Å².